The second-order valence-electron chi connectivity index (χ2n) is 5.67. The second-order valence-corrected chi connectivity index (χ2v) is 5.67. The molecule has 1 saturated carbocycles. The normalized spacial score (nSPS) is 26.0. The molecule has 1 aliphatic heterocycles. The topological polar surface area (TPSA) is 32.3 Å². The summed E-state index contributed by atoms with van der Waals surface area (Å²) in [7, 11) is 0. The van der Waals surface area contributed by atoms with E-state index in [1.54, 1.807) is 0 Å². The van der Waals surface area contributed by atoms with Crippen molar-refractivity contribution >= 4 is 5.91 Å². The Hall–Kier alpha value is -0.570. The van der Waals surface area contributed by atoms with Gasteiger partial charge in [0.1, 0.15) is 0 Å². The molecule has 0 spiro atoms. The van der Waals surface area contributed by atoms with Gasteiger partial charge < -0.3 is 10.2 Å². The van der Waals surface area contributed by atoms with Gasteiger partial charge in [0.15, 0.2) is 0 Å². The smallest absolute Gasteiger partial charge is 0.239 e. The van der Waals surface area contributed by atoms with Crippen LogP contribution in [0, 0.1) is 0 Å². The van der Waals surface area contributed by atoms with E-state index in [1.165, 1.54) is 38.5 Å². The average Bonchev–Trinajstić information content (AvgIpc) is 2.27. The summed E-state index contributed by atoms with van der Waals surface area (Å²) in [6.07, 6.45) is 7.36. The molecule has 2 rings (SSSR count). The van der Waals surface area contributed by atoms with Crippen LogP contribution in [0.15, 0.2) is 0 Å². The SMILES string of the molecule is CC(NC1(C)CCC1)C(=O)N1CCCCC1. The third kappa shape index (κ3) is 2.57. The lowest BCUT2D eigenvalue weighted by Crippen LogP contribution is -2.57. The summed E-state index contributed by atoms with van der Waals surface area (Å²) in [6.45, 7) is 6.17. The molecule has 1 amide bonds. The predicted molar refractivity (Wildman–Crippen MR) is 65.3 cm³/mol. The highest BCUT2D eigenvalue weighted by atomic mass is 16.2. The molecule has 1 atom stereocenters. The molecule has 2 aliphatic rings. The van der Waals surface area contributed by atoms with Crippen molar-refractivity contribution in [3.63, 3.8) is 0 Å². The first-order chi connectivity index (χ1) is 7.61. The number of amides is 1. The zero-order chi connectivity index (χ0) is 11.6. The minimum absolute atomic E-state index is 0.0107. The predicted octanol–water partition coefficient (Wildman–Crippen LogP) is 1.92. The molecule has 92 valence electrons. The Kier molecular flexibility index (Phi) is 3.53. The molecule has 0 bridgehead atoms. The molecule has 0 aromatic rings. The van der Waals surface area contributed by atoms with Gasteiger partial charge in [-0.05, 0) is 52.4 Å². The molecule has 0 aromatic heterocycles. The molecular weight excluding hydrogens is 200 g/mol. The lowest BCUT2D eigenvalue weighted by Gasteiger charge is -2.42. The highest BCUT2D eigenvalue weighted by molar-refractivity contribution is 5.81. The van der Waals surface area contributed by atoms with E-state index in [0.717, 1.165) is 13.1 Å². The van der Waals surface area contributed by atoms with Gasteiger partial charge in [0.05, 0.1) is 6.04 Å². The number of hydrogen-bond acceptors (Lipinski definition) is 2. The number of piperidine rings is 1. The molecule has 0 radical (unpaired) electrons. The van der Waals surface area contributed by atoms with Gasteiger partial charge in [0.25, 0.3) is 0 Å². The third-order valence-electron chi connectivity index (χ3n) is 4.06. The summed E-state index contributed by atoms with van der Waals surface area (Å²) >= 11 is 0. The van der Waals surface area contributed by atoms with Crippen molar-refractivity contribution in [1.82, 2.24) is 10.2 Å². The Balaban J connectivity index is 1.83. The van der Waals surface area contributed by atoms with Crippen LogP contribution < -0.4 is 5.32 Å². The summed E-state index contributed by atoms with van der Waals surface area (Å²) in [5.41, 5.74) is 0.227. The molecule has 0 aromatic carbocycles. The number of rotatable bonds is 3. The average molecular weight is 224 g/mol. The number of nitrogens with zero attached hydrogens (tertiary/aromatic N) is 1. The van der Waals surface area contributed by atoms with Crippen LogP contribution in [0.25, 0.3) is 0 Å². The summed E-state index contributed by atoms with van der Waals surface area (Å²) in [5.74, 6) is 0.299. The van der Waals surface area contributed by atoms with Crippen LogP contribution in [0.1, 0.15) is 52.4 Å². The number of nitrogens with one attached hydrogen (secondary N) is 1. The summed E-state index contributed by atoms with van der Waals surface area (Å²) in [4.78, 5) is 14.2. The third-order valence-corrected chi connectivity index (χ3v) is 4.06. The van der Waals surface area contributed by atoms with E-state index in [1.807, 2.05) is 11.8 Å². The lowest BCUT2D eigenvalue weighted by molar-refractivity contribution is -0.134. The van der Waals surface area contributed by atoms with Crippen LogP contribution in [0.5, 0.6) is 0 Å². The Morgan fingerprint density at radius 1 is 1.19 bits per heavy atom. The van der Waals surface area contributed by atoms with Crippen molar-refractivity contribution in [2.75, 3.05) is 13.1 Å². The molecular formula is C13H24N2O. The summed E-state index contributed by atoms with van der Waals surface area (Å²) in [5, 5.41) is 3.50. The van der Waals surface area contributed by atoms with Crippen molar-refractivity contribution in [2.24, 2.45) is 0 Å². The molecule has 1 saturated heterocycles. The van der Waals surface area contributed by atoms with Gasteiger partial charge in [-0.25, -0.2) is 0 Å². The van der Waals surface area contributed by atoms with Crippen molar-refractivity contribution in [1.29, 1.82) is 0 Å². The monoisotopic (exact) mass is 224 g/mol. The van der Waals surface area contributed by atoms with Crippen molar-refractivity contribution in [3.8, 4) is 0 Å². The van der Waals surface area contributed by atoms with Crippen LogP contribution in [-0.2, 0) is 4.79 Å². The van der Waals surface area contributed by atoms with Crippen LogP contribution in [0.4, 0.5) is 0 Å². The van der Waals surface area contributed by atoms with E-state index in [2.05, 4.69) is 12.2 Å². The zero-order valence-electron chi connectivity index (χ0n) is 10.6. The maximum Gasteiger partial charge on any atom is 0.239 e. The van der Waals surface area contributed by atoms with Crippen LogP contribution >= 0.6 is 0 Å². The van der Waals surface area contributed by atoms with E-state index < -0.39 is 0 Å². The Labute approximate surface area is 98.6 Å². The van der Waals surface area contributed by atoms with Gasteiger partial charge in [-0.1, -0.05) is 0 Å². The highest BCUT2D eigenvalue weighted by Gasteiger charge is 2.35. The number of carbonyl (C=O) groups excluding carboxylic acids is 1. The van der Waals surface area contributed by atoms with Crippen LogP contribution in [0.3, 0.4) is 0 Å². The quantitative estimate of drug-likeness (QED) is 0.794. The van der Waals surface area contributed by atoms with Gasteiger partial charge in [0, 0.05) is 18.6 Å². The first-order valence-electron chi connectivity index (χ1n) is 6.67. The van der Waals surface area contributed by atoms with Crippen LogP contribution in [-0.4, -0.2) is 35.5 Å². The fourth-order valence-electron chi connectivity index (χ4n) is 2.82. The molecule has 1 N–H and O–H groups in total. The van der Waals surface area contributed by atoms with Gasteiger partial charge >= 0.3 is 0 Å². The highest BCUT2D eigenvalue weighted by Crippen LogP contribution is 2.31. The standard InChI is InChI=1S/C13H24N2O/c1-11(14-13(2)7-6-8-13)12(16)15-9-4-3-5-10-15/h11,14H,3-10H2,1-2H3. The Morgan fingerprint density at radius 2 is 1.81 bits per heavy atom. The number of likely N-dealkylation sites (tertiary alicyclic amines) is 1. The van der Waals surface area contributed by atoms with Gasteiger partial charge in [-0.2, -0.15) is 0 Å². The van der Waals surface area contributed by atoms with Gasteiger partial charge in [-0.15, -0.1) is 0 Å². The van der Waals surface area contributed by atoms with E-state index in [-0.39, 0.29) is 11.6 Å². The molecule has 1 heterocycles. The zero-order valence-corrected chi connectivity index (χ0v) is 10.6. The second kappa shape index (κ2) is 4.74. The number of carbonyl (C=O) groups is 1. The molecule has 1 aliphatic carbocycles. The largest absolute Gasteiger partial charge is 0.341 e. The van der Waals surface area contributed by atoms with E-state index in [4.69, 9.17) is 0 Å². The molecule has 3 heteroatoms. The van der Waals surface area contributed by atoms with Crippen molar-refractivity contribution < 1.29 is 4.79 Å². The summed E-state index contributed by atoms with van der Waals surface area (Å²) in [6, 6.07) is -0.0107. The van der Waals surface area contributed by atoms with Gasteiger partial charge in [-0.3, -0.25) is 4.79 Å². The first-order valence-corrected chi connectivity index (χ1v) is 6.67. The van der Waals surface area contributed by atoms with Crippen molar-refractivity contribution in [2.45, 2.75) is 64.0 Å². The van der Waals surface area contributed by atoms with E-state index >= 15 is 0 Å². The van der Waals surface area contributed by atoms with E-state index in [0.29, 0.717) is 5.91 Å². The fraction of sp³-hybridized carbons (Fsp3) is 0.923. The maximum absolute atomic E-state index is 12.2. The van der Waals surface area contributed by atoms with E-state index in [9.17, 15) is 4.79 Å². The maximum atomic E-state index is 12.2. The molecule has 3 nitrogen and oxygen atoms in total. The molecule has 1 unspecified atom stereocenters. The first kappa shape index (κ1) is 11.9. The molecule has 2 fully saturated rings. The van der Waals surface area contributed by atoms with Gasteiger partial charge in [0.2, 0.25) is 5.91 Å². The number of hydrogen-bond donors (Lipinski definition) is 1. The minimum atomic E-state index is -0.0107. The Morgan fingerprint density at radius 3 is 2.31 bits per heavy atom. The molecule has 16 heavy (non-hydrogen) atoms. The minimum Gasteiger partial charge on any atom is -0.341 e. The Bertz CT molecular complexity index is 255. The van der Waals surface area contributed by atoms with Crippen LogP contribution in [0.2, 0.25) is 0 Å². The van der Waals surface area contributed by atoms with Crippen molar-refractivity contribution in [3.05, 3.63) is 0 Å². The lowest BCUT2D eigenvalue weighted by atomic mass is 9.78. The fourth-order valence-corrected chi connectivity index (χ4v) is 2.82. The summed E-state index contributed by atoms with van der Waals surface area (Å²) < 4.78 is 0.